The SMILES string of the molecule is N[C@@H](CCC(=O)O)C(=O)[O-].N[C@@H](CCC(=O)O)C(=O)[O-].O=S(=O)([O-])[O-].O=S(=O)([O-])[O-].[Fe+2].[Fe+2].[Fe+2]. The molecule has 0 spiro atoms. The molecule has 0 saturated carbocycles. The third-order valence-corrected chi connectivity index (χ3v) is 1.94. The van der Waals surface area contributed by atoms with E-state index < -0.39 is 56.8 Å². The van der Waals surface area contributed by atoms with Gasteiger partial charge in [0.25, 0.3) is 0 Å². The zero-order chi connectivity index (χ0) is 25.3. The molecule has 0 aromatic carbocycles. The van der Waals surface area contributed by atoms with Crippen LogP contribution in [0.3, 0.4) is 0 Å². The molecule has 198 valence electrons. The van der Waals surface area contributed by atoms with E-state index in [-0.39, 0.29) is 76.9 Å². The van der Waals surface area contributed by atoms with E-state index in [1.54, 1.807) is 0 Å². The van der Waals surface area contributed by atoms with Crippen molar-refractivity contribution in [2.75, 3.05) is 0 Å². The number of nitrogens with two attached hydrogens (primary N) is 2. The summed E-state index contributed by atoms with van der Waals surface area (Å²) in [5.41, 5.74) is 9.88. The van der Waals surface area contributed by atoms with Crippen LogP contribution in [0.5, 0.6) is 0 Å². The Kier molecular flexibility index (Phi) is 38.4. The fourth-order valence-electron chi connectivity index (χ4n) is 0.794. The summed E-state index contributed by atoms with van der Waals surface area (Å²) in [4.78, 5) is 39.5. The molecular formula is C10H16Fe3N2O16S2. The van der Waals surface area contributed by atoms with Crippen molar-refractivity contribution in [3.8, 4) is 0 Å². The molecule has 0 aliphatic heterocycles. The zero-order valence-electron chi connectivity index (χ0n) is 15.6. The number of aliphatic carboxylic acids is 4. The van der Waals surface area contributed by atoms with Gasteiger partial charge in [-0.25, -0.2) is 0 Å². The number of hydrogen-bond acceptors (Lipinski definition) is 16. The molecule has 0 unspecified atom stereocenters. The molecule has 0 amide bonds. The molecular weight excluding hydrogens is 636 g/mol. The first-order chi connectivity index (χ1) is 13.1. The molecule has 0 rings (SSSR count). The van der Waals surface area contributed by atoms with E-state index in [1.165, 1.54) is 0 Å². The molecule has 0 aliphatic carbocycles. The van der Waals surface area contributed by atoms with Gasteiger partial charge < -0.3 is 59.7 Å². The molecule has 0 bridgehead atoms. The molecule has 18 nitrogen and oxygen atoms in total. The van der Waals surface area contributed by atoms with Gasteiger partial charge in [0.2, 0.25) is 0 Å². The fraction of sp³-hybridized carbons (Fsp3) is 0.600. The van der Waals surface area contributed by atoms with Crippen LogP contribution in [-0.4, -0.2) is 81.2 Å². The Morgan fingerprint density at radius 3 is 0.879 bits per heavy atom. The summed E-state index contributed by atoms with van der Waals surface area (Å²) in [5.74, 6) is -4.95. The minimum atomic E-state index is -5.17. The second-order valence-electron chi connectivity index (χ2n) is 4.53. The molecule has 0 aliphatic rings. The number of carbonyl (C=O) groups excluding carboxylic acids is 2. The quantitative estimate of drug-likeness (QED) is 0.107. The van der Waals surface area contributed by atoms with E-state index in [4.69, 9.17) is 56.7 Å². The van der Waals surface area contributed by atoms with Crippen molar-refractivity contribution in [1.82, 2.24) is 0 Å². The molecule has 0 radical (unpaired) electrons. The Hall–Kier alpha value is -0.902. The summed E-state index contributed by atoms with van der Waals surface area (Å²) in [7, 11) is -10.3. The average molecular weight is 652 g/mol. The Morgan fingerprint density at radius 1 is 0.636 bits per heavy atom. The largest absolute Gasteiger partial charge is 2.00 e. The van der Waals surface area contributed by atoms with E-state index in [0.717, 1.165) is 0 Å². The molecule has 0 aromatic heterocycles. The van der Waals surface area contributed by atoms with Crippen LogP contribution in [-0.2, 0) is 91.2 Å². The van der Waals surface area contributed by atoms with Crippen molar-refractivity contribution < 1.29 is 126 Å². The Bertz CT molecular complexity index is 680. The summed E-state index contributed by atoms with van der Waals surface area (Å²) < 4.78 is 68.2. The molecule has 0 heterocycles. The van der Waals surface area contributed by atoms with E-state index in [0.29, 0.717) is 0 Å². The van der Waals surface area contributed by atoms with Crippen LogP contribution in [0.2, 0.25) is 0 Å². The monoisotopic (exact) mass is 652 g/mol. The van der Waals surface area contributed by atoms with Crippen LogP contribution in [0.4, 0.5) is 0 Å². The maximum atomic E-state index is 9.88. The minimum Gasteiger partial charge on any atom is -0.759 e. The smallest absolute Gasteiger partial charge is 0.759 e. The maximum Gasteiger partial charge on any atom is 2.00 e. The third-order valence-electron chi connectivity index (χ3n) is 1.94. The average Bonchev–Trinajstić information content (AvgIpc) is 2.47. The van der Waals surface area contributed by atoms with Crippen molar-refractivity contribution in [2.24, 2.45) is 11.5 Å². The van der Waals surface area contributed by atoms with Crippen LogP contribution >= 0.6 is 0 Å². The van der Waals surface area contributed by atoms with E-state index >= 15 is 0 Å². The molecule has 0 aromatic rings. The predicted octanol–water partition coefficient (Wildman–Crippen LogP) is -6.83. The second-order valence-corrected chi connectivity index (χ2v) is 6.17. The van der Waals surface area contributed by atoms with Crippen molar-refractivity contribution in [1.29, 1.82) is 0 Å². The van der Waals surface area contributed by atoms with Crippen molar-refractivity contribution in [2.45, 2.75) is 37.8 Å². The van der Waals surface area contributed by atoms with Gasteiger partial charge in [-0.15, -0.1) is 0 Å². The summed E-state index contributed by atoms with van der Waals surface area (Å²) in [6, 6.07) is -2.34. The number of rotatable bonds is 8. The van der Waals surface area contributed by atoms with Crippen LogP contribution in [0.1, 0.15) is 25.7 Å². The first-order valence-corrected chi connectivity index (χ1v) is 9.44. The number of carbonyl (C=O) groups is 4. The number of hydrogen-bond donors (Lipinski definition) is 4. The van der Waals surface area contributed by atoms with Gasteiger partial charge in [-0.1, -0.05) is 0 Å². The second kappa shape index (κ2) is 25.7. The Labute approximate surface area is 219 Å². The first-order valence-electron chi connectivity index (χ1n) is 6.77. The predicted molar refractivity (Wildman–Crippen MR) is 80.7 cm³/mol. The zero-order valence-corrected chi connectivity index (χ0v) is 20.6. The fourth-order valence-corrected chi connectivity index (χ4v) is 0.794. The molecule has 6 N–H and O–H groups in total. The van der Waals surface area contributed by atoms with Crippen molar-refractivity contribution in [3.63, 3.8) is 0 Å². The summed E-state index contributed by atoms with van der Waals surface area (Å²) in [6.07, 6.45) is -0.653. The standard InChI is InChI=1S/2C5H9NO4.3Fe.2H2O4S/c2*6-3(5(9)10)1-2-4(7)8;;;;2*1-5(2,3)4/h2*3H,1-2,6H2,(H,7,8)(H,9,10);;;;2*(H2,1,2,3,4)/q;;3*+2;;/p-6/t2*3-;;;;;/m00...../s1. The Balaban J connectivity index is -0.0000000556. The van der Waals surface area contributed by atoms with Gasteiger partial charge >= 0.3 is 63.1 Å². The van der Waals surface area contributed by atoms with Crippen LogP contribution in [0, 0.1) is 0 Å². The van der Waals surface area contributed by atoms with Crippen LogP contribution in [0.25, 0.3) is 0 Å². The van der Waals surface area contributed by atoms with E-state index in [1.807, 2.05) is 0 Å². The summed E-state index contributed by atoms with van der Waals surface area (Å²) in [6.45, 7) is 0. The minimum absolute atomic E-state index is 0. The van der Waals surface area contributed by atoms with Gasteiger partial charge in [0.05, 0.1) is 11.9 Å². The summed E-state index contributed by atoms with van der Waals surface area (Å²) in [5, 5.41) is 35.9. The van der Waals surface area contributed by atoms with Crippen molar-refractivity contribution in [3.05, 3.63) is 0 Å². The van der Waals surface area contributed by atoms with Crippen molar-refractivity contribution >= 4 is 44.7 Å². The van der Waals surface area contributed by atoms with Gasteiger partial charge in [-0.3, -0.25) is 26.4 Å². The van der Waals surface area contributed by atoms with E-state index in [2.05, 4.69) is 0 Å². The normalized spacial score (nSPS) is 11.1. The molecule has 23 heteroatoms. The van der Waals surface area contributed by atoms with Crippen LogP contribution < -0.4 is 21.7 Å². The van der Waals surface area contributed by atoms with Gasteiger partial charge in [-0.05, 0) is 12.8 Å². The molecule has 0 saturated heterocycles. The molecule has 33 heavy (non-hydrogen) atoms. The summed E-state index contributed by atoms with van der Waals surface area (Å²) >= 11 is 0. The third kappa shape index (κ3) is 90.1. The van der Waals surface area contributed by atoms with Gasteiger partial charge in [0, 0.05) is 45.7 Å². The molecule has 2 atom stereocenters. The van der Waals surface area contributed by atoms with E-state index in [9.17, 15) is 29.4 Å². The molecule has 0 fully saturated rings. The number of carboxylic acids is 4. The first kappa shape index (κ1) is 49.3. The maximum absolute atomic E-state index is 9.88. The van der Waals surface area contributed by atoms with Gasteiger partial charge in [-0.2, -0.15) is 0 Å². The topological polar surface area (TPSA) is 367 Å². The van der Waals surface area contributed by atoms with Gasteiger partial charge in [0.15, 0.2) is 0 Å². The van der Waals surface area contributed by atoms with Gasteiger partial charge in [0.1, 0.15) is 0 Å². The van der Waals surface area contributed by atoms with Crippen LogP contribution in [0.15, 0.2) is 0 Å². The Morgan fingerprint density at radius 2 is 0.788 bits per heavy atom. The number of carboxylic acid groups (broad SMARTS) is 4.